The maximum atomic E-state index is 10.5. The molecule has 0 spiro atoms. The topological polar surface area (TPSA) is 35.5 Å². The van der Waals surface area contributed by atoms with Gasteiger partial charge in [0.15, 0.2) is 11.4 Å². The van der Waals surface area contributed by atoms with Gasteiger partial charge in [0.2, 0.25) is 0 Å². The number of hydrogen-bond acceptors (Lipinski definition) is 3. The Morgan fingerprint density at radius 3 is 2.50 bits per heavy atom. The van der Waals surface area contributed by atoms with Crippen LogP contribution in [0.25, 0.3) is 0 Å². The Kier molecular flexibility index (Phi) is 1.28. The van der Waals surface area contributed by atoms with Crippen LogP contribution in [0.3, 0.4) is 0 Å². The SMILES string of the molecule is C=CC1(C)OC(=O)OC1=C. The fraction of sp³-hybridized carbons (Fsp3) is 0.286. The predicted octanol–water partition coefficient (Wildman–Crippen LogP) is 1.61. The lowest BCUT2D eigenvalue weighted by Gasteiger charge is -2.13. The molecule has 0 aliphatic carbocycles. The van der Waals surface area contributed by atoms with Crippen LogP contribution in [0.5, 0.6) is 0 Å². The summed E-state index contributed by atoms with van der Waals surface area (Å²) < 4.78 is 9.27. The van der Waals surface area contributed by atoms with Gasteiger partial charge in [-0.1, -0.05) is 13.2 Å². The highest BCUT2D eigenvalue weighted by atomic mass is 16.8. The van der Waals surface area contributed by atoms with Crippen LogP contribution < -0.4 is 0 Å². The zero-order valence-corrected chi connectivity index (χ0v) is 5.72. The van der Waals surface area contributed by atoms with Gasteiger partial charge < -0.3 is 9.47 Å². The summed E-state index contributed by atoms with van der Waals surface area (Å²) in [7, 11) is 0. The average Bonchev–Trinajstić information content (AvgIpc) is 2.09. The van der Waals surface area contributed by atoms with E-state index in [4.69, 9.17) is 4.74 Å². The van der Waals surface area contributed by atoms with Gasteiger partial charge in [-0.3, -0.25) is 0 Å². The second-order valence-electron chi connectivity index (χ2n) is 2.19. The molecule has 1 aliphatic heterocycles. The van der Waals surface area contributed by atoms with Gasteiger partial charge in [-0.2, -0.15) is 0 Å². The molecule has 1 atom stereocenters. The average molecular weight is 140 g/mol. The first-order valence-corrected chi connectivity index (χ1v) is 2.82. The van der Waals surface area contributed by atoms with Gasteiger partial charge in [0, 0.05) is 0 Å². The van der Waals surface area contributed by atoms with Gasteiger partial charge in [0.1, 0.15) is 0 Å². The van der Waals surface area contributed by atoms with Crippen molar-refractivity contribution in [3.63, 3.8) is 0 Å². The van der Waals surface area contributed by atoms with Crippen LogP contribution in [0, 0.1) is 0 Å². The van der Waals surface area contributed by atoms with Crippen LogP contribution in [-0.2, 0) is 9.47 Å². The first-order chi connectivity index (χ1) is 4.58. The smallest absolute Gasteiger partial charge is 0.415 e. The molecule has 1 rings (SSSR count). The molecule has 0 aromatic heterocycles. The van der Waals surface area contributed by atoms with E-state index in [1.54, 1.807) is 6.92 Å². The van der Waals surface area contributed by atoms with Crippen LogP contribution >= 0.6 is 0 Å². The molecule has 1 saturated heterocycles. The normalized spacial score (nSPS) is 31.3. The van der Waals surface area contributed by atoms with Gasteiger partial charge in [-0.15, -0.1) is 0 Å². The van der Waals surface area contributed by atoms with E-state index in [0.717, 1.165) is 0 Å². The minimum Gasteiger partial charge on any atom is -0.415 e. The monoisotopic (exact) mass is 140 g/mol. The standard InChI is InChI=1S/C7H8O3/c1-4-7(3)5(2)9-6(8)10-7/h4H,1-2H2,3H3. The molecule has 0 N–H and O–H groups in total. The van der Waals surface area contributed by atoms with Crippen LogP contribution in [0.1, 0.15) is 6.92 Å². The quantitative estimate of drug-likeness (QED) is 0.410. The van der Waals surface area contributed by atoms with Crippen LogP contribution in [0.2, 0.25) is 0 Å². The molecule has 0 saturated carbocycles. The number of carbonyl (C=O) groups excluding carboxylic acids is 1. The lowest BCUT2D eigenvalue weighted by molar-refractivity contribution is 0.100. The van der Waals surface area contributed by atoms with Crippen molar-refractivity contribution in [1.29, 1.82) is 0 Å². The molecule has 1 heterocycles. The molecule has 1 aliphatic rings. The Morgan fingerprint density at radius 1 is 1.70 bits per heavy atom. The molecule has 3 heteroatoms. The van der Waals surface area contributed by atoms with Crippen molar-refractivity contribution in [2.24, 2.45) is 0 Å². The summed E-state index contributed by atoms with van der Waals surface area (Å²) in [6.45, 7) is 8.63. The summed E-state index contributed by atoms with van der Waals surface area (Å²) in [5.41, 5.74) is -0.836. The number of carbonyl (C=O) groups is 1. The lowest BCUT2D eigenvalue weighted by Crippen LogP contribution is -2.21. The molecular formula is C7H8O3. The second-order valence-corrected chi connectivity index (χ2v) is 2.19. The van der Waals surface area contributed by atoms with Gasteiger partial charge in [0.05, 0.1) is 0 Å². The Labute approximate surface area is 58.9 Å². The number of cyclic esters (lactones) is 2. The van der Waals surface area contributed by atoms with Crippen molar-refractivity contribution in [1.82, 2.24) is 0 Å². The number of rotatable bonds is 1. The zero-order chi connectivity index (χ0) is 7.78. The summed E-state index contributed by atoms with van der Waals surface area (Å²) in [5.74, 6) is 0.285. The van der Waals surface area contributed by atoms with E-state index < -0.39 is 11.8 Å². The minimum absolute atomic E-state index is 0.285. The Bertz CT molecular complexity index is 207. The third kappa shape index (κ3) is 0.795. The molecule has 1 unspecified atom stereocenters. The first-order valence-electron chi connectivity index (χ1n) is 2.82. The van der Waals surface area contributed by atoms with Crippen molar-refractivity contribution >= 4 is 6.16 Å². The fourth-order valence-electron chi connectivity index (χ4n) is 0.608. The predicted molar refractivity (Wildman–Crippen MR) is 35.3 cm³/mol. The third-order valence-corrected chi connectivity index (χ3v) is 1.45. The van der Waals surface area contributed by atoms with Crippen molar-refractivity contribution in [3.8, 4) is 0 Å². The summed E-state index contributed by atoms with van der Waals surface area (Å²) in [5, 5.41) is 0. The number of hydrogen-bond donors (Lipinski definition) is 0. The Morgan fingerprint density at radius 2 is 2.30 bits per heavy atom. The van der Waals surface area contributed by atoms with E-state index in [1.807, 2.05) is 0 Å². The van der Waals surface area contributed by atoms with E-state index in [9.17, 15) is 4.79 Å². The van der Waals surface area contributed by atoms with Gasteiger partial charge in [-0.25, -0.2) is 4.79 Å². The molecule has 3 nitrogen and oxygen atoms in total. The summed E-state index contributed by atoms with van der Waals surface area (Å²) in [4.78, 5) is 10.5. The second kappa shape index (κ2) is 1.87. The molecule has 0 radical (unpaired) electrons. The van der Waals surface area contributed by atoms with Gasteiger partial charge >= 0.3 is 6.16 Å². The maximum absolute atomic E-state index is 10.5. The van der Waals surface area contributed by atoms with Crippen LogP contribution in [0.4, 0.5) is 4.79 Å². The molecule has 0 aromatic carbocycles. The van der Waals surface area contributed by atoms with Crippen molar-refractivity contribution in [2.45, 2.75) is 12.5 Å². The molecule has 0 amide bonds. The van der Waals surface area contributed by atoms with Crippen LogP contribution in [-0.4, -0.2) is 11.8 Å². The van der Waals surface area contributed by atoms with E-state index in [1.165, 1.54) is 6.08 Å². The molecule has 0 aromatic rings. The summed E-state index contributed by atoms with van der Waals surface area (Å²) in [6.07, 6.45) is 0.757. The van der Waals surface area contributed by atoms with Crippen LogP contribution in [0.15, 0.2) is 25.0 Å². The minimum atomic E-state index is -0.836. The molecule has 10 heavy (non-hydrogen) atoms. The summed E-state index contributed by atoms with van der Waals surface area (Å²) >= 11 is 0. The third-order valence-electron chi connectivity index (χ3n) is 1.45. The van der Waals surface area contributed by atoms with Gasteiger partial charge in [0.25, 0.3) is 0 Å². The van der Waals surface area contributed by atoms with E-state index in [0.29, 0.717) is 0 Å². The number of ether oxygens (including phenoxy) is 2. The first kappa shape index (κ1) is 6.86. The Hall–Kier alpha value is -1.25. The fourth-order valence-corrected chi connectivity index (χ4v) is 0.608. The van der Waals surface area contributed by atoms with Crippen molar-refractivity contribution < 1.29 is 14.3 Å². The van der Waals surface area contributed by atoms with Gasteiger partial charge in [-0.05, 0) is 13.0 Å². The summed E-state index contributed by atoms with van der Waals surface area (Å²) in [6, 6.07) is 0. The van der Waals surface area contributed by atoms with E-state index >= 15 is 0 Å². The van der Waals surface area contributed by atoms with Crippen molar-refractivity contribution in [2.75, 3.05) is 0 Å². The highest BCUT2D eigenvalue weighted by Crippen LogP contribution is 2.29. The molecule has 54 valence electrons. The maximum Gasteiger partial charge on any atom is 0.514 e. The van der Waals surface area contributed by atoms with E-state index in [2.05, 4.69) is 17.9 Å². The highest BCUT2D eigenvalue weighted by Gasteiger charge is 2.39. The largest absolute Gasteiger partial charge is 0.514 e. The molecular weight excluding hydrogens is 132 g/mol. The van der Waals surface area contributed by atoms with E-state index in [-0.39, 0.29) is 5.76 Å². The zero-order valence-electron chi connectivity index (χ0n) is 5.72. The molecule has 1 fully saturated rings. The van der Waals surface area contributed by atoms with Crippen molar-refractivity contribution in [3.05, 3.63) is 25.0 Å². The molecule has 0 bridgehead atoms. The Balaban J connectivity index is 2.90. The lowest BCUT2D eigenvalue weighted by atomic mass is 10.1. The highest BCUT2D eigenvalue weighted by molar-refractivity contribution is 5.66.